The minimum atomic E-state index is -5.08. The summed E-state index contributed by atoms with van der Waals surface area (Å²) in [5.41, 5.74) is 0.673. The van der Waals surface area contributed by atoms with Gasteiger partial charge in [0.05, 0.1) is 12.0 Å². The van der Waals surface area contributed by atoms with E-state index in [9.17, 15) is 31.1 Å². The van der Waals surface area contributed by atoms with Crippen molar-refractivity contribution in [3.8, 4) is 0 Å². The van der Waals surface area contributed by atoms with Crippen molar-refractivity contribution < 1.29 is 41.0 Å². The third kappa shape index (κ3) is 5.92. The van der Waals surface area contributed by atoms with Crippen molar-refractivity contribution in [2.75, 3.05) is 6.54 Å². The minimum Gasteiger partial charge on any atom is -0.475 e. The molecule has 1 aliphatic heterocycles. The van der Waals surface area contributed by atoms with Gasteiger partial charge in [-0.2, -0.15) is 26.3 Å². The third-order valence-corrected chi connectivity index (χ3v) is 3.06. The number of imidazole rings is 1. The number of rotatable bonds is 2. The highest BCUT2D eigenvalue weighted by Crippen LogP contribution is 2.20. The van der Waals surface area contributed by atoms with Gasteiger partial charge in [0.25, 0.3) is 5.91 Å². The summed E-state index contributed by atoms with van der Waals surface area (Å²) in [5.74, 6) is -3.55. The molecular formula is C12H14F6N4O3. The van der Waals surface area contributed by atoms with Crippen molar-refractivity contribution in [3.05, 3.63) is 17.7 Å². The molecule has 1 aromatic heterocycles. The second-order valence-corrected chi connectivity index (χ2v) is 4.95. The van der Waals surface area contributed by atoms with Crippen LogP contribution in [-0.4, -0.2) is 51.5 Å². The summed E-state index contributed by atoms with van der Waals surface area (Å²) < 4.78 is 70.5. The van der Waals surface area contributed by atoms with Crippen molar-refractivity contribution in [1.82, 2.24) is 20.2 Å². The van der Waals surface area contributed by atoms with E-state index in [0.29, 0.717) is 18.8 Å². The van der Waals surface area contributed by atoms with Gasteiger partial charge in [0, 0.05) is 19.6 Å². The molecule has 0 aliphatic carbocycles. The van der Waals surface area contributed by atoms with E-state index in [4.69, 9.17) is 9.90 Å². The minimum absolute atomic E-state index is 0.0540. The lowest BCUT2D eigenvalue weighted by Crippen LogP contribution is -2.43. The molecule has 25 heavy (non-hydrogen) atoms. The predicted molar refractivity (Wildman–Crippen MR) is 70.6 cm³/mol. The first-order valence-electron chi connectivity index (χ1n) is 6.76. The zero-order chi connectivity index (χ0) is 19.4. The van der Waals surface area contributed by atoms with Crippen LogP contribution in [0.15, 0.2) is 6.33 Å². The summed E-state index contributed by atoms with van der Waals surface area (Å²) in [6, 6.07) is -1.89. The molecule has 0 bridgehead atoms. The van der Waals surface area contributed by atoms with E-state index in [2.05, 4.69) is 10.3 Å². The Kier molecular flexibility index (Phi) is 6.40. The van der Waals surface area contributed by atoms with Gasteiger partial charge in [-0.15, -0.1) is 0 Å². The number of nitrogens with zero attached hydrogens (tertiary/aromatic N) is 2. The molecule has 1 atom stereocenters. The van der Waals surface area contributed by atoms with E-state index < -0.39 is 30.3 Å². The van der Waals surface area contributed by atoms with Crippen LogP contribution < -0.4 is 10.6 Å². The molecular weight excluding hydrogens is 362 g/mol. The van der Waals surface area contributed by atoms with E-state index in [0.717, 1.165) is 13.5 Å². The van der Waals surface area contributed by atoms with E-state index in [1.54, 1.807) is 4.57 Å². The summed E-state index contributed by atoms with van der Waals surface area (Å²) in [5, 5.41) is 12.1. The van der Waals surface area contributed by atoms with E-state index in [1.807, 2.05) is 5.32 Å². The lowest BCUT2D eigenvalue weighted by Gasteiger charge is -2.19. The normalized spacial score (nSPS) is 15.5. The fourth-order valence-corrected chi connectivity index (χ4v) is 1.73. The molecule has 0 saturated heterocycles. The molecule has 1 aromatic rings. The molecule has 142 valence electrons. The number of halogens is 6. The molecule has 3 N–H and O–H groups in total. The first-order chi connectivity index (χ1) is 11.3. The number of aliphatic carboxylic acids is 1. The third-order valence-electron chi connectivity index (χ3n) is 3.06. The summed E-state index contributed by atoms with van der Waals surface area (Å²) in [4.78, 5) is 24.5. The highest BCUT2D eigenvalue weighted by Gasteiger charge is 2.38. The Bertz CT molecular complexity index is 625. The smallest absolute Gasteiger partial charge is 0.475 e. The molecule has 0 aromatic carbocycles. The van der Waals surface area contributed by atoms with Crippen LogP contribution in [0.2, 0.25) is 0 Å². The Balaban J connectivity index is 0.000000381. The standard InChI is InChI=1S/C10H13F3N4O.C2HF3O2/c1-6(10(11,12)13)16-9(18)8-7-4-14-2-3-17(7)5-15-8;3-2(4,5)1(6)7/h5-6,14H,2-4H2,1H3,(H,16,18);(H,6,7). The Morgan fingerprint density at radius 2 is 1.88 bits per heavy atom. The number of fused-ring (bicyclic) bond motifs is 1. The largest absolute Gasteiger partial charge is 0.490 e. The van der Waals surface area contributed by atoms with E-state index in [1.165, 1.54) is 6.33 Å². The molecule has 0 spiro atoms. The Hall–Kier alpha value is -2.31. The van der Waals surface area contributed by atoms with Crippen LogP contribution in [0.5, 0.6) is 0 Å². The fourth-order valence-electron chi connectivity index (χ4n) is 1.73. The van der Waals surface area contributed by atoms with Crippen molar-refractivity contribution in [2.24, 2.45) is 0 Å². The number of carboxylic acid groups (broad SMARTS) is 1. The zero-order valence-corrected chi connectivity index (χ0v) is 12.7. The van der Waals surface area contributed by atoms with Gasteiger partial charge in [0.1, 0.15) is 6.04 Å². The lowest BCUT2D eigenvalue weighted by atomic mass is 10.2. The molecule has 2 heterocycles. The number of aromatic nitrogens is 2. The van der Waals surface area contributed by atoms with Crippen molar-refractivity contribution in [1.29, 1.82) is 0 Å². The SMILES string of the molecule is CC(NC(=O)c1ncn2c1CNCC2)C(F)(F)F.O=C(O)C(F)(F)F. The summed E-state index contributed by atoms with van der Waals surface area (Å²) in [6.45, 7) is 2.75. The summed E-state index contributed by atoms with van der Waals surface area (Å²) in [6.07, 6.45) is -8.06. The number of alkyl halides is 6. The monoisotopic (exact) mass is 376 g/mol. The lowest BCUT2D eigenvalue weighted by molar-refractivity contribution is -0.192. The van der Waals surface area contributed by atoms with Gasteiger partial charge in [-0.1, -0.05) is 0 Å². The molecule has 0 saturated carbocycles. The van der Waals surface area contributed by atoms with Crippen LogP contribution in [0.4, 0.5) is 26.3 Å². The summed E-state index contributed by atoms with van der Waals surface area (Å²) >= 11 is 0. The average molecular weight is 376 g/mol. The highest BCUT2D eigenvalue weighted by atomic mass is 19.4. The van der Waals surface area contributed by atoms with E-state index in [-0.39, 0.29) is 5.69 Å². The molecule has 13 heteroatoms. The van der Waals surface area contributed by atoms with Crippen LogP contribution in [0, 0.1) is 0 Å². The number of carbonyl (C=O) groups excluding carboxylic acids is 1. The molecule has 0 radical (unpaired) electrons. The molecule has 0 fully saturated rings. The van der Waals surface area contributed by atoms with Gasteiger partial charge < -0.3 is 20.3 Å². The highest BCUT2D eigenvalue weighted by molar-refractivity contribution is 5.93. The van der Waals surface area contributed by atoms with Gasteiger partial charge >= 0.3 is 18.3 Å². The van der Waals surface area contributed by atoms with Crippen LogP contribution in [0.3, 0.4) is 0 Å². The molecule has 1 unspecified atom stereocenters. The second kappa shape index (κ2) is 7.72. The first kappa shape index (κ1) is 20.7. The molecule has 2 rings (SSSR count). The second-order valence-electron chi connectivity index (χ2n) is 4.95. The zero-order valence-electron chi connectivity index (χ0n) is 12.7. The first-order valence-corrected chi connectivity index (χ1v) is 6.76. The van der Waals surface area contributed by atoms with E-state index >= 15 is 0 Å². The number of amides is 1. The van der Waals surface area contributed by atoms with Gasteiger partial charge in [0.15, 0.2) is 5.69 Å². The van der Waals surface area contributed by atoms with Gasteiger partial charge in [-0.3, -0.25) is 4.79 Å². The van der Waals surface area contributed by atoms with Crippen molar-refractivity contribution >= 4 is 11.9 Å². The van der Waals surface area contributed by atoms with Crippen molar-refractivity contribution in [2.45, 2.75) is 38.4 Å². The average Bonchev–Trinajstić information content (AvgIpc) is 2.89. The maximum absolute atomic E-state index is 12.3. The Morgan fingerprint density at radius 3 is 2.36 bits per heavy atom. The predicted octanol–water partition coefficient (Wildman–Crippen LogP) is 1.30. The quantitative estimate of drug-likeness (QED) is 0.677. The van der Waals surface area contributed by atoms with Crippen LogP contribution in [0.25, 0.3) is 0 Å². The summed E-state index contributed by atoms with van der Waals surface area (Å²) in [7, 11) is 0. The maximum atomic E-state index is 12.3. The number of hydrogen-bond donors (Lipinski definition) is 3. The van der Waals surface area contributed by atoms with Crippen LogP contribution >= 0.6 is 0 Å². The van der Waals surface area contributed by atoms with Gasteiger partial charge in [0.2, 0.25) is 0 Å². The Labute approximate surface area is 137 Å². The molecule has 1 amide bonds. The fraction of sp³-hybridized carbons (Fsp3) is 0.583. The number of hydrogen-bond acceptors (Lipinski definition) is 4. The van der Waals surface area contributed by atoms with Gasteiger partial charge in [-0.25, -0.2) is 9.78 Å². The number of nitrogens with one attached hydrogen (secondary N) is 2. The number of carbonyl (C=O) groups is 2. The molecule has 1 aliphatic rings. The van der Waals surface area contributed by atoms with Gasteiger partial charge in [-0.05, 0) is 6.92 Å². The van der Waals surface area contributed by atoms with Crippen molar-refractivity contribution in [3.63, 3.8) is 0 Å². The van der Waals surface area contributed by atoms with Crippen LogP contribution in [0.1, 0.15) is 23.1 Å². The maximum Gasteiger partial charge on any atom is 0.490 e. The number of carboxylic acids is 1. The van der Waals surface area contributed by atoms with Crippen LogP contribution in [-0.2, 0) is 17.9 Å². The Morgan fingerprint density at radius 1 is 1.32 bits per heavy atom. The topological polar surface area (TPSA) is 96.3 Å². The molecule has 7 nitrogen and oxygen atoms in total.